The van der Waals surface area contributed by atoms with Crippen molar-refractivity contribution >= 4 is 22.9 Å². The number of anilines is 1. The molecule has 29 heavy (non-hydrogen) atoms. The van der Waals surface area contributed by atoms with E-state index in [9.17, 15) is 4.79 Å². The van der Waals surface area contributed by atoms with Crippen LogP contribution in [0.2, 0.25) is 0 Å². The topological polar surface area (TPSA) is 35.6 Å². The van der Waals surface area contributed by atoms with Crippen molar-refractivity contribution in [1.82, 2.24) is 10.2 Å². The van der Waals surface area contributed by atoms with E-state index >= 15 is 0 Å². The average Bonchev–Trinajstić information content (AvgIpc) is 3.30. The second-order valence-electron chi connectivity index (χ2n) is 7.44. The van der Waals surface area contributed by atoms with E-state index in [0.29, 0.717) is 6.54 Å². The molecular weight excluding hydrogens is 378 g/mol. The van der Waals surface area contributed by atoms with Crippen molar-refractivity contribution in [2.75, 3.05) is 37.6 Å². The van der Waals surface area contributed by atoms with Gasteiger partial charge in [-0.1, -0.05) is 54.1 Å². The summed E-state index contributed by atoms with van der Waals surface area (Å²) in [6.45, 7) is 5.73. The number of aryl methyl sites for hydroxylation is 1. The maximum Gasteiger partial charge on any atom is 0.236 e. The number of rotatable bonds is 6. The zero-order valence-electron chi connectivity index (χ0n) is 16.8. The summed E-state index contributed by atoms with van der Waals surface area (Å²) >= 11 is 1.72. The van der Waals surface area contributed by atoms with Gasteiger partial charge in [0.2, 0.25) is 5.91 Å². The lowest BCUT2D eigenvalue weighted by atomic mass is 10.0. The van der Waals surface area contributed by atoms with Crippen LogP contribution in [0.25, 0.3) is 0 Å². The summed E-state index contributed by atoms with van der Waals surface area (Å²) in [5.41, 5.74) is 3.67. The Morgan fingerprint density at radius 1 is 0.966 bits per heavy atom. The fraction of sp³-hybridized carbons (Fsp3) is 0.292. The molecule has 1 amide bonds. The Hall–Kier alpha value is -2.63. The number of nitrogens with zero attached hydrogens (tertiary/aromatic N) is 2. The summed E-state index contributed by atoms with van der Waals surface area (Å²) in [5.74, 6) is 0.173. The number of nitrogens with one attached hydrogen (secondary N) is 1. The number of thiophene rings is 1. The van der Waals surface area contributed by atoms with Crippen LogP contribution in [0, 0.1) is 6.92 Å². The highest BCUT2D eigenvalue weighted by Gasteiger charge is 2.23. The standard InChI is InChI=1S/C24H27N3OS/c1-19-9-11-20(12-10-19)24(22-8-5-17-29-22)25-18-23(28)27-15-13-26(14-16-27)21-6-3-2-4-7-21/h2-12,17,24-25H,13-16,18H2,1H3/t24-/m0/s1. The normalized spacial score (nSPS) is 15.3. The number of carbonyl (C=O) groups is 1. The predicted octanol–water partition coefficient (Wildman–Crippen LogP) is 4.08. The van der Waals surface area contributed by atoms with Crippen LogP contribution in [0.15, 0.2) is 72.1 Å². The molecule has 1 aliphatic heterocycles. The minimum atomic E-state index is 0.0464. The number of hydrogen-bond donors (Lipinski definition) is 1. The molecule has 2 aromatic carbocycles. The summed E-state index contributed by atoms with van der Waals surface area (Å²) in [6, 6.07) is 23.2. The Morgan fingerprint density at radius 3 is 2.34 bits per heavy atom. The molecule has 1 aromatic heterocycles. The van der Waals surface area contributed by atoms with Crippen molar-refractivity contribution in [2.24, 2.45) is 0 Å². The SMILES string of the molecule is Cc1ccc([C@H](NCC(=O)N2CCN(c3ccccc3)CC2)c2cccs2)cc1. The molecule has 3 aromatic rings. The smallest absolute Gasteiger partial charge is 0.236 e. The van der Waals surface area contributed by atoms with Gasteiger partial charge >= 0.3 is 0 Å². The first-order valence-electron chi connectivity index (χ1n) is 10.1. The van der Waals surface area contributed by atoms with Crippen LogP contribution >= 0.6 is 11.3 Å². The minimum Gasteiger partial charge on any atom is -0.368 e. The van der Waals surface area contributed by atoms with Crippen molar-refractivity contribution < 1.29 is 4.79 Å². The molecule has 1 atom stereocenters. The van der Waals surface area contributed by atoms with Crippen molar-refractivity contribution in [3.8, 4) is 0 Å². The number of piperazine rings is 1. The highest BCUT2D eigenvalue weighted by molar-refractivity contribution is 7.10. The van der Waals surface area contributed by atoms with Gasteiger partial charge in [0.1, 0.15) is 0 Å². The van der Waals surface area contributed by atoms with Gasteiger partial charge in [-0.05, 0) is 36.1 Å². The van der Waals surface area contributed by atoms with E-state index in [0.717, 1.165) is 26.2 Å². The molecule has 0 saturated carbocycles. The fourth-order valence-electron chi connectivity index (χ4n) is 3.75. The van der Waals surface area contributed by atoms with Crippen molar-refractivity contribution in [3.05, 3.63) is 88.1 Å². The molecule has 150 valence electrons. The molecule has 5 heteroatoms. The van der Waals surface area contributed by atoms with E-state index in [-0.39, 0.29) is 11.9 Å². The summed E-state index contributed by atoms with van der Waals surface area (Å²) in [6.07, 6.45) is 0. The van der Waals surface area contributed by atoms with Gasteiger partial charge in [-0.25, -0.2) is 0 Å². The number of para-hydroxylation sites is 1. The van der Waals surface area contributed by atoms with Crippen molar-refractivity contribution in [1.29, 1.82) is 0 Å². The van der Waals surface area contributed by atoms with Gasteiger partial charge in [0, 0.05) is 36.7 Å². The molecule has 2 heterocycles. The highest BCUT2D eigenvalue weighted by Crippen LogP contribution is 2.26. The fourth-order valence-corrected chi connectivity index (χ4v) is 4.58. The summed E-state index contributed by atoms with van der Waals surface area (Å²) in [5, 5.41) is 5.59. The van der Waals surface area contributed by atoms with Gasteiger partial charge in [0.05, 0.1) is 12.6 Å². The molecule has 1 saturated heterocycles. The first-order valence-corrected chi connectivity index (χ1v) is 11.0. The lowest BCUT2D eigenvalue weighted by Crippen LogP contribution is -2.51. The van der Waals surface area contributed by atoms with Gasteiger partial charge in [-0.2, -0.15) is 0 Å². The van der Waals surface area contributed by atoms with Crippen LogP contribution in [-0.2, 0) is 4.79 Å². The van der Waals surface area contributed by atoms with E-state index in [4.69, 9.17) is 0 Å². The van der Waals surface area contributed by atoms with E-state index in [1.807, 2.05) is 11.0 Å². The Labute approximate surface area is 176 Å². The van der Waals surface area contributed by atoms with Gasteiger partial charge in [0.25, 0.3) is 0 Å². The maximum atomic E-state index is 12.8. The zero-order chi connectivity index (χ0) is 20.1. The van der Waals surface area contributed by atoms with Crippen molar-refractivity contribution in [2.45, 2.75) is 13.0 Å². The summed E-state index contributed by atoms with van der Waals surface area (Å²) < 4.78 is 0. The number of carbonyl (C=O) groups excluding carboxylic acids is 1. The molecule has 0 radical (unpaired) electrons. The predicted molar refractivity (Wildman–Crippen MR) is 121 cm³/mol. The monoisotopic (exact) mass is 405 g/mol. The molecule has 0 unspecified atom stereocenters. The molecule has 0 spiro atoms. The minimum absolute atomic E-state index is 0.0464. The summed E-state index contributed by atoms with van der Waals surface area (Å²) in [7, 11) is 0. The van der Waals surface area contributed by atoms with E-state index < -0.39 is 0 Å². The van der Waals surface area contributed by atoms with Crippen LogP contribution < -0.4 is 10.2 Å². The second kappa shape index (κ2) is 9.25. The molecule has 0 bridgehead atoms. The van der Waals surface area contributed by atoms with Crippen LogP contribution in [0.5, 0.6) is 0 Å². The van der Waals surface area contributed by atoms with Gasteiger partial charge in [-0.3, -0.25) is 10.1 Å². The van der Waals surface area contributed by atoms with E-state index in [2.05, 4.69) is 83.2 Å². The Balaban J connectivity index is 1.36. The molecule has 1 fully saturated rings. The molecule has 4 rings (SSSR count). The lowest BCUT2D eigenvalue weighted by Gasteiger charge is -2.36. The zero-order valence-corrected chi connectivity index (χ0v) is 17.6. The molecule has 1 N–H and O–H groups in total. The van der Waals surface area contributed by atoms with E-state index in [1.165, 1.54) is 21.7 Å². The average molecular weight is 406 g/mol. The lowest BCUT2D eigenvalue weighted by molar-refractivity contribution is -0.130. The van der Waals surface area contributed by atoms with Crippen LogP contribution in [0.1, 0.15) is 22.0 Å². The molecule has 0 aliphatic carbocycles. The van der Waals surface area contributed by atoms with E-state index in [1.54, 1.807) is 11.3 Å². The van der Waals surface area contributed by atoms with Crippen molar-refractivity contribution in [3.63, 3.8) is 0 Å². The third-order valence-electron chi connectivity index (χ3n) is 5.45. The Bertz CT molecular complexity index is 901. The first kappa shape index (κ1) is 19.7. The third-order valence-corrected chi connectivity index (χ3v) is 6.39. The highest BCUT2D eigenvalue weighted by atomic mass is 32.1. The molecule has 4 nitrogen and oxygen atoms in total. The number of benzene rings is 2. The first-order chi connectivity index (χ1) is 14.2. The molecule has 1 aliphatic rings. The van der Waals surface area contributed by atoms with Gasteiger partial charge in [0.15, 0.2) is 0 Å². The number of amides is 1. The Morgan fingerprint density at radius 2 is 1.69 bits per heavy atom. The van der Waals surface area contributed by atoms with Crippen LogP contribution in [0.3, 0.4) is 0 Å². The van der Waals surface area contributed by atoms with Crippen LogP contribution in [-0.4, -0.2) is 43.5 Å². The maximum absolute atomic E-state index is 12.8. The largest absolute Gasteiger partial charge is 0.368 e. The third kappa shape index (κ3) is 4.86. The molecular formula is C24H27N3OS. The number of hydrogen-bond acceptors (Lipinski definition) is 4. The second-order valence-corrected chi connectivity index (χ2v) is 8.42. The van der Waals surface area contributed by atoms with Gasteiger partial charge in [-0.15, -0.1) is 11.3 Å². The van der Waals surface area contributed by atoms with Gasteiger partial charge < -0.3 is 9.80 Å². The Kier molecular flexibility index (Phi) is 6.27. The van der Waals surface area contributed by atoms with Crippen LogP contribution in [0.4, 0.5) is 5.69 Å². The quantitative estimate of drug-likeness (QED) is 0.671. The summed E-state index contributed by atoms with van der Waals surface area (Å²) in [4.78, 5) is 18.4.